The molecule has 0 aliphatic carbocycles. The van der Waals surface area contributed by atoms with Crippen LogP contribution in [0.2, 0.25) is 5.02 Å². The lowest BCUT2D eigenvalue weighted by Crippen LogP contribution is -2.37. The summed E-state index contributed by atoms with van der Waals surface area (Å²) in [5, 5.41) is 3.47. The number of rotatable bonds is 4. The number of ether oxygens (including phenoxy) is 1. The Morgan fingerprint density at radius 2 is 1.81 bits per heavy atom. The molecule has 7 heteroatoms. The SMILES string of the molecule is CC(C)c1cccc(-n2c([C@H](C)NC(=O)OC(C)(C)C)nc3cccc(Cl)c3c2=O)c1. The van der Waals surface area contributed by atoms with Crippen LogP contribution in [0.5, 0.6) is 0 Å². The van der Waals surface area contributed by atoms with Gasteiger partial charge in [-0.05, 0) is 63.4 Å². The van der Waals surface area contributed by atoms with Crippen LogP contribution in [0, 0.1) is 0 Å². The highest BCUT2D eigenvalue weighted by Crippen LogP contribution is 2.24. The van der Waals surface area contributed by atoms with Gasteiger partial charge in [0.15, 0.2) is 0 Å². The van der Waals surface area contributed by atoms with E-state index in [1.165, 1.54) is 4.57 Å². The van der Waals surface area contributed by atoms with Gasteiger partial charge in [0.25, 0.3) is 5.56 Å². The highest BCUT2D eigenvalue weighted by atomic mass is 35.5. The topological polar surface area (TPSA) is 73.2 Å². The molecule has 0 spiro atoms. The van der Waals surface area contributed by atoms with Gasteiger partial charge in [-0.15, -0.1) is 0 Å². The van der Waals surface area contributed by atoms with Gasteiger partial charge in [-0.1, -0.05) is 43.6 Å². The highest BCUT2D eigenvalue weighted by molar-refractivity contribution is 6.35. The number of hydrogen-bond donors (Lipinski definition) is 1. The van der Waals surface area contributed by atoms with E-state index < -0.39 is 17.7 Å². The summed E-state index contributed by atoms with van der Waals surface area (Å²) in [7, 11) is 0. The Kier molecular flexibility index (Phi) is 6.41. The lowest BCUT2D eigenvalue weighted by molar-refractivity contribution is 0.0505. The summed E-state index contributed by atoms with van der Waals surface area (Å²) in [6.45, 7) is 11.3. The standard InChI is InChI=1S/C24H28ClN3O3/c1-14(2)16-9-7-10-17(13-16)28-21(15(3)26-23(30)31-24(4,5)6)27-19-12-8-11-18(25)20(19)22(28)29/h7-15H,1-6H3,(H,26,30)/t15-/m0/s1. The van der Waals surface area contributed by atoms with E-state index in [9.17, 15) is 9.59 Å². The van der Waals surface area contributed by atoms with Crippen LogP contribution in [0.1, 0.15) is 64.9 Å². The molecule has 0 unspecified atom stereocenters. The first-order valence-corrected chi connectivity index (χ1v) is 10.7. The summed E-state index contributed by atoms with van der Waals surface area (Å²) in [4.78, 5) is 30.6. The molecule has 6 nitrogen and oxygen atoms in total. The lowest BCUT2D eigenvalue weighted by atomic mass is 10.0. The summed E-state index contributed by atoms with van der Waals surface area (Å²) in [6, 6.07) is 12.3. The van der Waals surface area contributed by atoms with Crippen molar-refractivity contribution in [2.45, 2.75) is 59.1 Å². The number of nitrogens with one attached hydrogen (secondary N) is 1. The van der Waals surface area contributed by atoms with Gasteiger partial charge in [0, 0.05) is 0 Å². The van der Waals surface area contributed by atoms with Crippen LogP contribution < -0.4 is 10.9 Å². The number of nitrogens with zero attached hydrogens (tertiary/aromatic N) is 2. The van der Waals surface area contributed by atoms with Gasteiger partial charge in [-0.3, -0.25) is 9.36 Å². The van der Waals surface area contributed by atoms with Crippen molar-refractivity contribution in [2.75, 3.05) is 0 Å². The molecule has 0 bridgehead atoms. The van der Waals surface area contributed by atoms with Gasteiger partial charge in [-0.25, -0.2) is 9.78 Å². The van der Waals surface area contributed by atoms with E-state index in [1.807, 2.05) is 24.3 Å². The molecule has 1 N–H and O–H groups in total. The van der Waals surface area contributed by atoms with Gasteiger partial charge >= 0.3 is 6.09 Å². The van der Waals surface area contributed by atoms with Crippen molar-refractivity contribution in [3.63, 3.8) is 0 Å². The average molecular weight is 442 g/mol. The number of benzene rings is 2. The molecular formula is C24H28ClN3O3. The molecule has 0 saturated carbocycles. The van der Waals surface area contributed by atoms with Crippen LogP contribution in [0.4, 0.5) is 4.79 Å². The van der Waals surface area contributed by atoms with Crippen LogP contribution in [-0.4, -0.2) is 21.2 Å². The van der Waals surface area contributed by atoms with Crippen molar-refractivity contribution in [3.05, 3.63) is 69.2 Å². The molecule has 0 aliphatic heterocycles. The third kappa shape index (κ3) is 5.07. The van der Waals surface area contributed by atoms with Crippen LogP contribution >= 0.6 is 11.6 Å². The molecule has 1 atom stereocenters. The molecule has 3 rings (SSSR count). The van der Waals surface area contributed by atoms with Crippen molar-refractivity contribution >= 4 is 28.6 Å². The third-order valence-electron chi connectivity index (χ3n) is 4.79. The molecule has 1 amide bonds. The normalized spacial score (nSPS) is 12.8. The molecule has 0 saturated heterocycles. The third-order valence-corrected chi connectivity index (χ3v) is 5.10. The Morgan fingerprint density at radius 3 is 2.45 bits per heavy atom. The number of fused-ring (bicyclic) bond motifs is 1. The average Bonchev–Trinajstić information content (AvgIpc) is 2.66. The first kappa shape index (κ1) is 22.8. The number of halogens is 1. The smallest absolute Gasteiger partial charge is 0.408 e. The Balaban J connectivity index is 2.20. The number of carbonyl (C=O) groups is 1. The van der Waals surface area contributed by atoms with Crippen molar-refractivity contribution in [2.24, 2.45) is 0 Å². The van der Waals surface area contributed by atoms with E-state index in [0.29, 0.717) is 27.4 Å². The molecular weight excluding hydrogens is 414 g/mol. The fourth-order valence-corrected chi connectivity index (χ4v) is 3.57. The second-order valence-corrected chi connectivity index (χ2v) is 9.27. The van der Waals surface area contributed by atoms with Crippen molar-refractivity contribution in [1.82, 2.24) is 14.9 Å². The minimum absolute atomic E-state index is 0.286. The first-order chi connectivity index (χ1) is 14.5. The monoisotopic (exact) mass is 441 g/mol. The number of aromatic nitrogens is 2. The maximum absolute atomic E-state index is 13.6. The lowest BCUT2D eigenvalue weighted by Gasteiger charge is -2.23. The molecule has 2 aromatic carbocycles. The fraction of sp³-hybridized carbons (Fsp3) is 0.375. The highest BCUT2D eigenvalue weighted by Gasteiger charge is 2.23. The maximum Gasteiger partial charge on any atom is 0.408 e. The zero-order chi connectivity index (χ0) is 22.9. The summed E-state index contributed by atoms with van der Waals surface area (Å²) >= 11 is 6.35. The van der Waals surface area contributed by atoms with E-state index in [4.69, 9.17) is 21.3 Å². The Hall–Kier alpha value is -2.86. The molecule has 1 aromatic heterocycles. The van der Waals surface area contributed by atoms with Crippen LogP contribution in [0.25, 0.3) is 16.6 Å². The second-order valence-electron chi connectivity index (χ2n) is 8.86. The van der Waals surface area contributed by atoms with Gasteiger partial charge < -0.3 is 10.1 Å². The fourth-order valence-electron chi connectivity index (χ4n) is 3.32. The largest absolute Gasteiger partial charge is 0.444 e. The Morgan fingerprint density at radius 1 is 1.13 bits per heavy atom. The van der Waals surface area contributed by atoms with Gasteiger partial charge in [0.2, 0.25) is 0 Å². The summed E-state index contributed by atoms with van der Waals surface area (Å²) in [6.07, 6.45) is -0.581. The molecule has 3 aromatic rings. The first-order valence-electron chi connectivity index (χ1n) is 10.3. The van der Waals surface area contributed by atoms with Crippen LogP contribution in [0.3, 0.4) is 0 Å². The molecule has 164 valence electrons. The van der Waals surface area contributed by atoms with E-state index in [0.717, 1.165) is 5.56 Å². The second kappa shape index (κ2) is 8.71. The Bertz CT molecular complexity index is 1180. The number of amides is 1. The van der Waals surface area contributed by atoms with Crippen LogP contribution in [-0.2, 0) is 4.74 Å². The number of hydrogen-bond acceptors (Lipinski definition) is 4. The van der Waals surface area contributed by atoms with Gasteiger partial charge in [0.05, 0.1) is 27.7 Å². The maximum atomic E-state index is 13.6. The molecule has 1 heterocycles. The molecule has 0 fully saturated rings. The molecule has 0 aliphatic rings. The predicted octanol–water partition coefficient (Wildman–Crippen LogP) is 5.75. The molecule has 31 heavy (non-hydrogen) atoms. The predicted molar refractivity (Wildman–Crippen MR) is 124 cm³/mol. The van der Waals surface area contributed by atoms with E-state index in [2.05, 4.69) is 19.2 Å². The van der Waals surface area contributed by atoms with Crippen LogP contribution in [0.15, 0.2) is 47.3 Å². The minimum atomic E-state index is -0.639. The number of alkyl carbamates (subject to hydrolysis) is 1. The zero-order valence-corrected chi connectivity index (χ0v) is 19.4. The van der Waals surface area contributed by atoms with Crippen molar-refractivity contribution in [1.29, 1.82) is 0 Å². The van der Waals surface area contributed by atoms with Crippen molar-refractivity contribution < 1.29 is 9.53 Å². The summed E-state index contributed by atoms with van der Waals surface area (Å²) in [5.41, 5.74) is 1.30. The van der Waals surface area contributed by atoms with E-state index >= 15 is 0 Å². The van der Waals surface area contributed by atoms with Gasteiger partial charge in [-0.2, -0.15) is 0 Å². The summed E-state index contributed by atoms with van der Waals surface area (Å²) in [5.74, 6) is 0.681. The van der Waals surface area contributed by atoms with E-state index in [1.54, 1.807) is 45.9 Å². The molecule has 0 radical (unpaired) electrons. The summed E-state index contributed by atoms with van der Waals surface area (Å²) < 4.78 is 6.89. The minimum Gasteiger partial charge on any atom is -0.444 e. The quantitative estimate of drug-likeness (QED) is 0.559. The zero-order valence-electron chi connectivity index (χ0n) is 18.7. The van der Waals surface area contributed by atoms with Gasteiger partial charge in [0.1, 0.15) is 11.4 Å². The van der Waals surface area contributed by atoms with Crippen molar-refractivity contribution in [3.8, 4) is 5.69 Å². The van der Waals surface area contributed by atoms with E-state index in [-0.39, 0.29) is 11.5 Å². The Labute approximate surface area is 187 Å². The number of carbonyl (C=O) groups excluding carboxylic acids is 1.